The standard InChI is InChI=1S/C20H20F2N4O3/c1-11-6-16(22)17(12-2-4-14(21)5-3-12)26(10-11)20(29)19(28)25-15-7-13(18(23)27)8-24-9-15/h2-5,7-9,11,16-17H,6,10H2,1H3,(H2,23,27)(H,25,28)/t11-,16+,17-/m1/s1. The van der Waals surface area contributed by atoms with E-state index in [4.69, 9.17) is 5.73 Å². The Hall–Kier alpha value is -3.36. The summed E-state index contributed by atoms with van der Waals surface area (Å²) in [4.78, 5) is 41.5. The highest BCUT2D eigenvalue weighted by atomic mass is 19.1. The van der Waals surface area contributed by atoms with E-state index in [0.29, 0.717) is 5.56 Å². The Morgan fingerprint density at radius 1 is 1.21 bits per heavy atom. The van der Waals surface area contributed by atoms with Gasteiger partial charge in [-0.05, 0) is 36.1 Å². The van der Waals surface area contributed by atoms with Crippen LogP contribution in [0.25, 0.3) is 0 Å². The molecular formula is C20H20F2N4O3. The third kappa shape index (κ3) is 4.56. The molecule has 3 amide bonds. The molecule has 1 fully saturated rings. The Bertz CT molecular complexity index is 936. The molecule has 0 aliphatic carbocycles. The number of alkyl halides is 1. The highest BCUT2D eigenvalue weighted by Gasteiger charge is 2.40. The van der Waals surface area contributed by atoms with Gasteiger partial charge in [-0.2, -0.15) is 0 Å². The molecule has 3 atom stereocenters. The third-order valence-corrected chi connectivity index (χ3v) is 4.76. The normalized spacial score (nSPS) is 21.5. The van der Waals surface area contributed by atoms with Crippen LogP contribution >= 0.6 is 0 Å². The summed E-state index contributed by atoms with van der Waals surface area (Å²) in [5.41, 5.74) is 5.76. The minimum Gasteiger partial charge on any atom is -0.366 e. The van der Waals surface area contributed by atoms with Gasteiger partial charge < -0.3 is 16.0 Å². The maximum absolute atomic E-state index is 14.8. The number of carbonyl (C=O) groups excluding carboxylic acids is 3. The van der Waals surface area contributed by atoms with Gasteiger partial charge in [0.25, 0.3) is 0 Å². The maximum Gasteiger partial charge on any atom is 0.313 e. The summed E-state index contributed by atoms with van der Waals surface area (Å²) in [5, 5.41) is 2.36. The summed E-state index contributed by atoms with van der Waals surface area (Å²) < 4.78 is 28.1. The lowest BCUT2D eigenvalue weighted by atomic mass is 9.88. The monoisotopic (exact) mass is 402 g/mol. The summed E-state index contributed by atoms with van der Waals surface area (Å²) in [6, 6.07) is 5.46. The van der Waals surface area contributed by atoms with Crippen molar-refractivity contribution in [1.29, 1.82) is 0 Å². The molecule has 0 bridgehead atoms. The van der Waals surface area contributed by atoms with Gasteiger partial charge in [0.15, 0.2) is 0 Å². The van der Waals surface area contributed by atoms with Gasteiger partial charge in [0.2, 0.25) is 5.91 Å². The number of piperidine rings is 1. The number of likely N-dealkylation sites (tertiary alicyclic amines) is 1. The predicted molar refractivity (Wildman–Crippen MR) is 101 cm³/mol. The number of nitrogens with zero attached hydrogens (tertiary/aromatic N) is 2. The second-order valence-corrected chi connectivity index (χ2v) is 7.09. The number of anilines is 1. The van der Waals surface area contributed by atoms with Gasteiger partial charge >= 0.3 is 11.8 Å². The van der Waals surface area contributed by atoms with Crippen LogP contribution in [0.1, 0.15) is 35.3 Å². The van der Waals surface area contributed by atoms with Crippen molar-refractivity contribution in [1.82, 2.24) is 9.88 Å². The van der Waals surface area contributed by atoms with E-state index in [2.05, 4.69) is 10.3 Å². The van der Waals surface area contributed by atoms with E-state index in [1.54, 1.807) is 6.92 Å². The summed E-state index contributed by atoms with van der Waals surface area (Å²) in [5.74, 6) is -3.30. The van der Waals surface area contributed by atoms with Crippen LogP contribution in [0.4, 0.5) is 14.5 Å². The first-order valence-corrected chi connectivity index (χ1v) is 9.02. The van der Waals surface area contributed by atoms with Crippen molar-refractivity contribution in [3.63, 3.8) is 0 Å². The van der Waals surface area contributed by atoms with Crippen LogP contribution in [-0.4, -0.2) is 40.3 Å². The second-order valence-electron chi connectivity index (χ2n) is 7.09. The molecule has 1 saturated heterocycles. The van der Waals surface area contributed by atoms with E-state index in [1.165, 1.54) is 42.7 Å². The van der Waals surface area contributed by atoms with Gasteiger partial charge in [-0.3, -0.25) is 19.4 Å². The lowest BCUT2D eigenvalue weighted by Crippen LogP contribution is -2.50. The van der Waals surface area contributed by atoms with E-state index in [9.17, 15) is 23.2 Å². The first kappa shape index (κ1) is 20.4. The number of amides is 3. The summed E-state index contributed by atoms with van der Waals surface area (Å²) >= 11 is 0. The zero-order chi connectivity index (χ0) is 21.1. The number of rotatable bonds is 3. The molecule has 2 aromatic rings. The van der Waals surface area contributed by atoms with Crippen LogP contribution in [0.3, 0.4) is 0 Å². The minimum atomic E-state index is -1.40. The van der Waals surface area contributed by atoms with Gasteiger partial charge in [-0.25, -0.2) is 8.78 Å². The number of aromatic nitrogens is 1. The summed E-state index contributed by atoms with van der Waals surface area (Å²) in [6.45, 7) is 1.96. The predicted octanol–water partition coefficient (Wildman–Crippen LogP) is 2.21. The van der Waals surface area contributed by atoms with Crippen molar-refractivity contribution in [2.75, 3.05) is 11.9 Å². The number of pyridine rings is 1. The summed E-state index contributed by atoms with van der Waals surface area (Å²) in [7, 11) is 0. The Morgan fingerprint density at radius 3 is 2.55 bits per heavy atom. The smallest absolute Gasteiger partial charge is 0.313 e. The fourth-order valence-electron chi connectivity index (χ4n) is 3.45. The largest absolute Gasteiger partial charge is 0.366 e. The number of halogens is 2. The molecule has 1 aliphatic heterocycles. The SMILES string of the molecule is C[C@@H]1C[C@H](F)[C@@H](c2ccc(F)cc2)N(C(=O)C(=O)Nc2cncc(C(N)=O)c2)C1. The van der Waals surface area contributed by atoms with E-state index < -0.39 is 35.8 Å². The zero-order valence-electron chi connectivity index (χ0n) is 15.6. The van der Waals surface area contributed by atoms with Crippen molar-refractivity contribution >= 4 is 23.4 Å². The number of hydrogen-bond donors (Lipinski definition) is 2. The van der Waals surface area contributed by atoms with Gasteiger partial charge in [0, 0.05) is 12.7 Å². The number of primary amides is 1. The summed E-state index contributed by atoms with van der Waals surface area (Å²) in [6.07, 6.45) is 1.30. The van der Waals surface area contributed by atoms with Crippen LogP contribution in [0.15, 0.2) is 42.7 Å². The van der Waals surface area contributed by atoms with Crippen LogP contribution in [-0.2, 0) is 9.59 Å². The van der Waals surface area contributed by atoms with Crippen LogP contribution in [0.5, 0.6) is 0 Å². The van der Waals surface area contributed by atoms with Crippen molar-refractivity contribution < 1.29 is 23.2 Å². The fourth-order valence-corrected chi connectivity index (χ4v) is 3.45. The number of carbonyl (C=O) groups is 3. The van der Waals surface area contributed by atoms with Crippen molar-refractivity contribution in [3.05, 3.63) is 59.7 Å². The first-order chi connectivity index (χ1) is 13.8. The quantitative estimate of drug-likeness (QED) is 0.768. The molecule has 0 unspecified atom stereocenters. The number of nitrogens with one attached hydrogen (secondary N) is 1. The number of nitrogens with two attached hydrogens (primary N) is 1. The Kier molecular flexibility index (Phi) is 5.86. The van der Waals surface area contributed by atoms with Crippen LogP contribution in [0.2, 0.25) is 0 Å². The Balaban J connectivity index is 1.83. The van der Waals surface area contributed by atoms with Crippen LogP contribution in [0, 0.1) is 11.7 Å². The highest BCUT2D eigenvalue weighted by molar-refractivity contribution is 6.39. The molecule has 3 rings (SSSR count). The van der Waals surface area contributed by atoms with Gasteiger partial charge in [0.1, 0.15) is 12.0 Å². The molecule has 0 saturated carbocycles. The maximum atomic E-state index is 14.8. The average molecular weight is 402 g/mol. The molecular weight excluding hydrogens is 382 g/mol. The van der Waals surface area contributed by atoms with Crippen molar-refractivity contribution in [3.8, 4) is 0 Å². The van der Waals surface area contributed by atoms with Crippen molar-refractivity contribution in [2.45, 2.75) is 25.6 Å². The molecule has 152 valence electrons. The molecule has 1 aliphatic rings. The van der Waals surface area contributed by atoms with E-state index in [0.717, 1.165) is 4.90 Å². The molecule has 7 nitrogen and oxygen atoms in total. The molecule has 29 heavy (non-hydrogen) atoms. The molecule has 9 heteroatoms. The first-order valence-electron chi connectivity index (χ1n) is 9.02. The second kappa shape index (κ2) is 8.34. The number of benzene rings is 1. The Morgan fingerprint density at radius 2 is 1.90 bits per heavy atom. The lowest BCUT2D eigenvalue weighted by Gasteiger charge is -2.40. The Labute approximate surface area is 165 Å². The van der Waals surface area contributed by atoms with Gasteiger partial charge in [-0.1, -0.05) is 19.1 Å². The molecule has 2 heterocycles. The number of hydrogen-bond acceptors (Lipinski definition) is 4. The molecule has 0 radical (unpaired) electrons. The molecule has 3 N–H and O–H groups in total. The van der Waals surface area contributed by atoms with E-state index in [-0.39, 0.29) is 30.1 Å². The molecule has 0 spiro atoms. The van der Waals surface area contributed by atoms with E-state index in [1.807, 2.05) is 0 Å². The third-order valence-electron chi connectivity index (χ3n) is 4.76. The van der Waals surface area contributed by atoms with Crippen LogP contribution < -0.4 is 11.1 Å². The van der Waals surface area contributed by atoms with Gasteiger partial charge in [0.05, 0.1) is 23.5 Å². The molecule has 1 aromatic heterocycles. The van der Waals surface area contributed by atoms with Crippen molar-refractivity contribution in [2.24, 2.45) is 11.7 Å². The van der Waals surface area contributed by atoms with Gasteiger partial charge in [-0.15, -0.1) is 0 Å². The highest BCUT2D eigenvalue weighted by Crippen LogP contribution is 2.36. The van der Waals surface area contributed by atoms with E-state index >= 15 is 0 Å². The average Bonchev–Trinajstić information content (AvgIpc) is 2.68. The lowest BCUT2D eigenvalue weighted by molar-refractivity contribution is -0.148. The minimum absolute atomic E-state index is 0.0647. The topological polar surface area (TPSA) is 105 Å². The molecule has 1 aromatic carbocycles. The zero-order valence-corrected chi connectivity index (χ0v) is 15.6. The fraction of sp³-hybridized carbons (Fsp3) is 0.300.